The zero-order chi connectivity index (χ0) is 18.1. The molecular weight excluding hydrogens is 318 g/mol. The number of nitrogens with zero attached hydrogens (tertiary/aromatic N) is 1. The molecule has 0 spiro atoms. The van der Waals surface area contributed by atoms with E-state index in [1.165, 1.54) is 0 Å². The summed E-state index contributed by atoms with van der Waals surface area (Å²) in [5, 5.41) is 8.80. The van der Waals surface area contributed by atoms with Crippen LogP contribution in [-0.4, -0.2) is 49.7 Å². The Morgan fingerprint density at radius 1 is 1.12 bits per heavy atom. The van der Waals surface area contributed by atoms with Crippen molar-refractivity contribution < 1.29 is 19.4 Å². The van der Waals surface area contributed by atoms with E-state index in [1.807, 2.05) is 48.3 Å². The third-order valence-electron chi connectivity index (χ3n) is 3.73. The van der Waals surface area contributed by atoms with E-state index in [2.05, 4.69) is 0 Å². The van der Waals surface area contributed by atoms with Gasteiger partial charge >= 0.3 is 0 Å². The van der Waals surface area contributed by atoms with Crippen LogP contribution in [0.5, 0.6) is 11.5 Å². The molecule has 1 N–H and O–H groups in total. The van der Waals surface area contributed by atoms with Crippen LogP contribution in [0, 0.1) is 0 Å². The van der Waals surface area contributed by atoms with Crippen LogP contribution in [0.3, 0.4) is 0 Å². The quantitative estimate of drug-likeness (QED) is 0.531. The molecule has 0 aromatic heterocycles. The van der Waals surface area contributed by atoms with Crippen molar-refractivity contribution in [2.24, 2.45) is 0 Å². The first-order chi connectivity index (χ1) is 12.1. The Labute approximate surface area is 148 Å². The molecule has 2 rings (SSSR count). The SMILES string of the molecule is COc1cccc(C(=O)CN(C)Cc2cccc(OCCCO)c2)c1. The lowest BCUT2D eigenvalue weighted by molar-refractivity contribution is 0.0942. The number of methoxy groups -OCH3 is 1. The van der Waals surface area contributed by atoms with E-state index >= 15 is 0 Å². The average molecular weight is 343 g/mol. The van der Waals surface area contributed by atoms with Crippen LogP contribution >= 0.6 is 0 Å². The minimum absolute atomic E-state index is 0.0525. The Balaban J connectivity index is 1.91. The second kappa shape index (κ2) is 9.81. The fourth-order valence-electron chi connectivity index (χ4n) is 2.49. The summed E-state index contributed by atoms with van der Waals surface area (Å²) in [7, 11) is 3.50. The molecule has 5 nitrogen and oxygen atoms in total. The Morgan fingerprint density at radius 3 is 2.64 bits per heavy atom. The molecule has 0 atom stereocenters. The van der Waals surface area contributed by atoms with E-state index in [4.69, 9.17) is 14.6 Å². The number of carbonyl (C=O) groups is 1. The van der Waals surface area contributed by atoms with E-state index in [0.717, 1.165) is 11.3 Å². The maximum Gasteiger partial charge on any atom is 0.176 e. The molecule has 0 amide bonds. The number of aliphatic hydroxyl groups excluding tert-OH is 1. The molecule has 5 heteroatoms. The Bertz CT molecular complexity index is 687. The minimum atomic E-state index is 0.0525. The van der Waals surface area contributed by atoms with Gasteiger partial charge in [-0.3, -0.25) is 9.69 Å². The maximum absolute atomic E-state index is 12.4. The molecule has 134 valence electrons. The third kappa shape index (κ3) is 6.21. The number of likely N-dealkylation sites (N-methyl/N-ethyl adjacent to an activating group) is 1. The van der Waals surface area contributed by atoms with Gasteiger partial charge in [-0.05, 0) is 36.9 Å². The van der Waals surface area contributed by atoms with Gasteiger partial charge in [0, 0.05) is 25.1 Å². The summed E-state index contributed by atoms with van der Waals surface area (Å²) in [4.78, 5) is 14.4. The lowest BCUT2D eigenvalue weighted by Gasteiger charge is -2.17. The molecule has 2 aromatic rings. The molecule has 0 aliphatic rings. The van der Waals surface area contributed by atoms with Gasteiger partial charge in [0.25, 0.3) is 0 Å². The number of hydrogen-bond donors (Lipinski definition) is 1. The van der Waals surface area contributed by atoms with Crippen molar-refractivity contribution in [2.75, 3.05) is 33.9 Å². The minimum Gasteiger partial charge on any atom is -0.497 e. The Kier molecular flexibility index (Phi) is 7.44. The van der Waals surface area contributed by atoms with Crippen LogP contribution in [0.4, 0.5) is 0 Å². The number of aliphatic hydroxyl groups is 1. The number of ether oxygens (including phenoxy) is 2. The van der Waals surface area contributed by atoms with Gasteiger partial charge in [-0.2, -0.15) is 0 Å². The fraction of sp³-hybridized carbons (Fsp3) is 0.350. The van der Waals surface area contributed by atoms with E-state index < -0.39 is 0 Å². The summed E-state index contributed by atoms with van der Waals surface area (Å²) in [5.74, 6) is 1.51. The number of rotatable bonds is 10. The molecule has 0 aliphatic heterocycles. The number of hydrogen-bond acceptors (Lipinski definition) is 5. The smallest absolute Gasteiger partial charge is 0.176 e. The van der Waals surface area contributed by atoms with Crippen molar-refractivity contribution in [1.29, 1.82) is 0 Å². The van der Waals surface area contributed by atoms with Crippen LogP contribution in [0.25, 0.3) is 0 Å². The summed E-state index contributed by atoms with van der Waals surface area (Å²) in [6, 6.07) is 15.0. The highest BCUT2D eigenvalue weighted by Gasteiger charge is 2.11. The Morgan fingerprint density at radius 2 is 1.88 bits per heavy atom. The number of ketones is 1. The standard InChI is InChI=1S/C20H25NO4/c1-21(15-20(23)17-7-4-8-18(13-17)24-2)14-16-6-3-9-19(12-16)25-11-5-10-22/h3-4,6-9,12-13,22H,5,10-11,14-15H2,1-2H3. The summed E-state index contributed by atoms with van der Waals surface area (Å²) < 4.78 is 10.7. The summed E-state index contributed by atoms with van der Waals surface area (Å²) in [6.45, 7) is 1.58. The second-order valence-corrected chi connectivity index (χ2v) is 5.90. The number of carbonyl (C=O) groups excluding carboxylic acids is 1. The lowest BCUT2D eigenvalue weighted by Crippen LogP contribution is -2.25. The predicted octanol–water partition coefficient (Wildman–Crippen LogP) is 2.77. The van der Waals surface area contributed by atoms with Crippen molar-refractivity contribution >= 4 is 5.78 Å². The zero-order valence-electron chi connectivity index (χ0n) is 14.8. The van der Waals surface area contributed by atoms with E-state index in [0.29, 0.717) is 37.4 Å². The summed E-state index contributed by atoms with van der Waals surface area (Å²) >= 11 is 0. The molecule has 2 aromatic carbocycles. The number of Topliss-reactive ketones (excluding diaryl/α,β-unsaturated/α-hetero) is 1. The molecule has 0 saturated heterocycles. The molecule has 0 fully saturated rings. The van der Waals surface area contributed by atoms with Gasteiger partial charge in [0.2, 0.25) is 0 Å². The molecule has 0 heterocycles. The molecule has 0 unspecified atom stereocenters. The second-order valence-electron chi connectivity index (χ2n) is 5.90. The highest BCUT2D eigenvalue weighted by Crippen LogP contribution is 2.16. The lowest BCUT2D eigenvalue weighted by atomic mass is 10.1. The first-order valence-corrected chi connectivity index (χ1v) is 8.31. The van der Waals surface area contributed by atoms with Crippen LogP contribution in [0.15, 0.2) is 48.5 Å². The van der Waals surface area contributed by atoms with Crippen LogP contribution in [-0.2, 0) is 6.54 Å². The van der Waals surface area contributed by atoms with Crippen molar-refractivity contribution in [1.82, 2.24) is 4.90 Å². The van der Waals surface area contributed by atoms with E-state index in [1.54, 1.807) is 19.2 Å². The van der Waals surface area contributed by atoms with Gasteiger partial charge in [0.15, 0.2) is 5.78 Å². The topological polar surface area (TPSA) is 59.0 Å². The van der Waals surface area contributed by atoms with Crippen molar-refractivity contribution in [3.05, 3.63) is 59.7 Å². The van der Waals surface area contributed by atoms with Gasteiger partial charge < -0.3 is 14.6 Å². The highest BCUT2D eigenvalue weighted by atomic mass is 16.5. The first kappa shape index (κ1) is 19.0. The van der Waals surface area contributed by atoms with Gasteiger partial charge in [-0.15, -0.1) is 0 Å². The van der Waals surface area contributed by atoms with Crippen LogP contribution in [0.1, 0.15) is 22.3 Å². The summed E-state index contributed by atoms with van der Waals surface area (Å²) in [6.07, 6.45) is 0.610. The zero-order valence-corrected chi connectivity index (χ0v) is 14.8. The highest BCUT2D eigenvalue weighted by molar-refractivity contribution is 5.97. The molecular formula is C20H25NO4. The largest absolute Gasteiger partial charge is 0.497 e. The van der Waals surface area contributed by atoms with Gasteiger partial charge in [0.1, 0.15) is 11.5 Å². The molecule has 25 heavy (non-hydrogen) atoms. The van der Waals surface area contributed by atoms with Gasteiger partial charge in [0.05, 0.1) is 20.3 Å². The van der Waals surface area contributed by atoms with Gasteiger partial charge in [-0.25, -0.2) is 0 Å². The first-order valence-electron chi connectivity index (χ1n) is 8.31. The average Bonchev–Trinajstić information content (AvgIpc) is 2.62. The molecule has 0 saturated carbocycles. The monoisotopic (exact) mass is 343 g/mol. The van der Waals surface area contributed by atoms with Crippen molar-refractivity contribution in [2.45, 2.75) is 13.0 Å². The molecule has 0 bridgehead atoms. The number of benzene rings is 2. The molecule has 0 aliphatic carbocycles. The van der Waals surface area contributed by atoms with E-state index in [9.17, 15) is 4.79 Å². The van der Waals surface area contributed by atoms with Gasteiger partial charge in [-0.1, -0.05) is 24.3 Å². The molecule has 0 radical (unpaired) electrons. The summed E-state index contributed by atoms with van der Waals surface area (Å²) in [5.41, 5.74) is 1.72. The maximum atomic E-state index is 12.4. The fourth-order valence-corrected chi connectivity index (χ4v) is 2.49. The van der Waals surface area contributed by atoms with Crippen LogP contribution in [0.2, 0.25) is 0 Å². The van der Waals surface area contributed by atoms with Crippen LogP contribution < -0.4 is 9.47 Å². The van der Waals surface area contributed by atoms with Crippen molar-refractivity contribution in [3.8, 4) is 11.5 Å². The predicted molar refractivity (Wildman–Crippen MR) is 97.3 cm³/mol. The normalized spacial score (nSPS) is 10.7. The van der Waals surface area contributed by atoms with E-state index in [-0.39, 0.29) is 12.4 Å². The Hall–Kier alpha value is -2.37. The third-order valence-corrected chi connectivity index (χ3v) is 3.73. The van der Waals surface area contributed by atoms with Crippen molar-refractivity contribution in [3.63, 3.8) is 0 Å².